The third-order valence-electron chi connectivity index (χ3n) is 5.01. The van der Waals surface area contributed by atoms with Gasteiger partial charge in [0.1, 0.15) is 14.2 Å². The fraction of sp³-hybridized carbons (Fsp3) is 0.591. The first-order chi connectivity index (χ1) is 11.7. The molecule has 0 aliphatic carbocycles. The Kier molecular flexibility index (Phi) is 8.27. The number of rotatable bonds is 6. The summed E-state index contributed by atoms with van der Waals surface area (Å²) in [6, 6.07) is 0. The molecule has 0 N–H and O–H groups in total. The predicted molar refractivity (Wildman–Crippen MR) is 109 cm³/mol. The third-order valence-corrected chi connectivity index (χ3v) is 11.3. The molecule has 1 aliphatic rings. The first-order valence-corrected chi connectivity index (χ1v) is 11.5. The van der Waals surface area contributed by atoms with Crippen molar-refractivity contribution in [3.05, 3.63) is 23.8 Å². The molecule has 1 heterocycles. The first kappa shape index (κ1) is 21.3. The maximum Gasteiger partial charge on any atom is 0.334 e. The summed E-state index contributed by atoms with van der Waals surface area (Å²) in [6.45, 7) is 15.7. The van der Waals surface area contributed by atoms with Gasteiger partial charge in [0.15, 0.2) is 0 Å². The van der Waals surface area contributed by atoms with Gasteiger partial charge < -0.3 is 4.74 Å². The molecule has 1 rings (SSSR count). The topological polar surface area (TPSA) is 26.3 Å². The second kappa shape index (κ2) is 9.69. The third kappa shape index (κ3) is 5.65. The smallest absolute Gasteiger partial charge is 0.334 e. The van der Waals surface area contributed by atoms with Crippen LogP contribution < -0.4 is 0 Å². The lowest BCUT2D eigenvalue weighted by atomic mass is 10.1. The van der Waals surface area contributed by atoms with Gasteiger partial charge in [0.25, 0.3) is 0 Å². The quantitative estimate of drug-likeness (QED) is 0.275. The van der Waals surface area contributed by atoms with E-state index in [0.717, 1.165) is 5.57 Å². The molecule has 0 aromatic carbocycles. The van der Waals surface area contributed by atoms with Gasteiger partial charge in [-0.2, -0.15) is 0 Å². The number of hydrogen-bond donors (Lipinski definition) is 0. The number of cyclic esters (lactones) is 1. The average Bonchev–Trinajstić information content (AvgIpc) is 2.82. The lowest BCUT2D eigenvalue weighted by Crippen LogP contribution is -2.43. The molecule has 2 nitrogen and oxygen atoms in total. The van der Waals surface area contributed by atoms with Crippen molar-refractivity contribution >= 4 is 14.0 Å². The molecule has 25 heavy (non-hydrogen) atoms. The molecule has 0 aromatic rings. The molecule has 0 unspecified atom stereocenters. The highest BCUT2D eigenvalue weighted by Crippen LogP contribution is 2.40. The van der Waals surface area contributed by atoms with Gasteiger partial charge in [0.05, 0.1) is 0 Å². The fourth-order valence-electron chi connectivity index (χ4n) is 3.80. The Labute approximate surface area is 155 Å². The van der Waals surface area contributed by atoms with Gasteiger partial charge in [-0.05, 0) is 47.9 Å². The van der Waals surface area contributed by atoms with Crippen molar-refractivity contribution in [2.24, 2.45) is 0 Å². The van der Waals surface area contributed by atoms with Crippen LogP contribution in [0.15, 0.2) is 23.8 Å². The molecule has 0 saturated heterocycles. The lowest BCUT2D eigenvalue weighted by molar-refractivity contribution is -0.139. The van der Waals surface area contributed by atoms with Crippen molar-refractivity contribution in [2.45, 2.75) is 84.0 Å². The fourth-order valence-corrected chi connectivity index (χ4v) is 8.95. The molecule has 0 saturated carbocycles. The largest absolute Gasteiger partial charge is 0.455 e. The first-order valence-electron chi connectivity index (χ1n) is 9.28. The van der Waals surface area contributed by atoms with Crippen LogP contribution in [0.1, 0.15) is 61.3 Å². The molecule has 1 aliphatic heterocycles. The Hall–Kier alpha value is -1.71. The molecule has 3 heteroatoms. The Bertz CT molecular complexity index is 623. The highest BCUT2D eigenvalue weighted by Gasteiger charge is 2.41. The second-order valence-corrected chi connectivity index (χ2v) is 13.2. The molecule has 0 bridgehead atoms. The molecule has 0 amide bonds. The van der Waals surface area contributed by atoms with E-state index in [-0.39, 0.29) is 12.1 Å². The molecule has 0 aromatic heterocycles. The highest BCUT2D eigenvalue weighted by molar-refractivity contribution is 6.90. The normalized spacial score (nSPS) is 17.4. The van der Waals surface area contributed by atoms with Gasteiger partial charge in [-0.15, -0.1) is 5.54 Å². The van der Waals surface area contributed by atoms with Crippen LogP contribution >= 0.6 is 0 Å². The SMILES string of the molecule is CC(C)[Si](C#CC#CC/C=C\CC1=C[C@H](C)OC1=O)(C(C)C)C(C)C. The van der Waals surface area contributed by atoms with Crippen LogP contribution in [0.25, 0.3) is 0 Å². The standard InChI is InChI=1S/C22H32O2Si/c1-17(2)25(18(3)4,19(5)6)15-13-11-9-8-10-12-14-21-16-20(7)24-22(21)23/h10,12,16-20H,8,14H2,1-7H3/b12-10-/t20-/m0/s1. The van der Waals surface area contributed by atoms with Crippen molar-refractivity contribution < 1.29 is 9.53 Å². The second-order valence-electron chi connectivity index (χ2n) is 7.63. The van der Waals surface area contributed by atoms with Crippen LogP contribution in [0, 0.1) is 23.3 Å². The summed E-state index contributed by atoms with van der Waals surface area (Å²) < 4.78 is 5.07. The van der Waals surface area contributed by atoms with Gasteiger partial charge in [-0.1, -0.05) is 59.6 Å². The summed E-state index contributed by atoms with van der Waals surface area (Å²) in [5, 5.41) is 0. The van der Waals surface area contributed by atoms with Gasteiger partial charge in [-0.25, -0.2) is 4.79 Å². The average molecular weight is 357 g/mol. The van der Waals surface area contributed by atoms with Crippen molar-refractivity contribution in [1.29, 1.82) is 0 Å². The monoisotopic (exact) mass is 356 g/mol. The summed E-state index contributed by atoms with van der Waals surface area (Å²) in [4.78, 5) is 11.5. The summed E-state index contributed by atoms with van der Waals surface area (Å²) in [5.41, 5.74) is 6.22. The number of hydrogen-bond acceptors (Lipinski definition) is 2. The van der Waals surface area contributed by atoms with E-state index in [0.29, 0.717) is 29.5 Å². The number of ether oxygens (including phenoxy) is 1. The summed E-state index contributed by atoms with van der Waals surface area (Å²) in [6.07, 6.45) is 7.01. The molecular weight excluding hydrogens is 324 g/mol. The Morgan fingerprint density at radius 1 is 1.08 bits per heavy atom. The maximum atomic E-state index is 11.5. The zero-order valence-corrected chi connectivity index (χ0v) is 17.8. The predicted octanol–water partition coefficient (Wildman–Crippen LogP) is 5.42. The number of esters is 1. The van der Waals surface area contributed by atoms with E-state index in [1.165, 1.54) is 0 Å². The minimum Gasteiger partial charge on any atom is -0.455 e. The van der Waals surface area contributed by atoms with E-state index in [4.69, 9.17) is 4.74 Å². The van der Waals surface area contributed by atoms with Crippen molar-refractivity contribution in [3.8, 4) is 23.3 Å². The number of carbonyl (C=O) groups excluding carboxylic acids is 1. The van der Waals surface area contributed by atoms with Crippen LogP contribution in [0.2, 0.25) is 16.6 Å². The van der Waals surface area contributed by atoms with Crippen LogP contribution in [0.4, 0.5) is 0 Å². The Balaban J connectivity index is 2.62. The molecule has 0 fully saturated rings. The zero-order chi connectivity index (χ0) is 19.0. The van der Waals surface area contributed by atoms with E-state index >= 15 is 0 Å². The Morgan fingerprint density at radius 2 is 1.68 bits per heavy atom. The summed E-state index contributed by atoms with van der Waals surface area (Å²) in [7, 11) is -1.68. The maximum absolute atomic E-state index is 11.5. The number of carbonyl (C=O) groups is 1. The minimum atomic E-state index is -1.68. The summed E-state index contributed by atoms with van der Waals surface area (Å²) in [5.74, 6) is 9.06. The van der Waals surface area contributed by atoms with Crippen LogP contribution in [-0.4, -0.2) is 20.1 Å². The molecule has 0 radical (unpaired) electrons. The minimum absolute atomic E-state index is 0.0988. The van der Waals surface area contributed by atoms with E-state index in [2.05, 4.69) is 64.8 Å². The lowest BCUT2D eigenvalue weighted by Gasteiger charge is -2.37. The Morgan fingerprint density at radius 3 is 2.16 bits per heavy atom. The van der Waals surface area contributed by atoms with E-state index in [9.17, 15) is 4.79 Å². The van der Waals surface area contributed by atoms with Crippen LogP contribution in [0.3, 0.4) is 0 Å². The van der Waals surface area contributed by atoms with Gasteiger partial charge in [-0.3, -0.25) is 0 Å². The van der Waals surface area contributed by atoms with Crippen LogP contribution in [-0.2, 0) is 9.53 Å². The number of allylic oxidation sites excluding steroid dienone is 2. The van der Waals surface area contributed by atoms with Crippen molar-refractivity contribution in [3.63, 3.8) is 0 Å². The zero-order valence-electron chi connectivity index (χ0n) is 16.8. The highest BCUT2D eigenvalue weighted by atomic mass is 28.3. The van der Waals surface area contributed by atoms with Gasteiger partial charge >= 0.3 is 5.97 Å². The van der Waals surface area contributed by atoms with E-state index in [1.807, 2.05) is 25.2 Å². The van der Waals surface area contributed by atoms with Gasteiger partial charge in [0.2, 0.25) is 0 Å². The van der Waals surface area contributed by atoms with Crippen LogP contribution in [0.5, 0.6) is 0 Å². The van der Waals surface area contributed by atoms with Crippen molar-refractivity contribution in [1.82, 2.24) is 0 Å². The van der Waals surface area contributed by atoms with E-state index < -0.39 is 8.07 Å². The molecular formula is C22H32O2Si. The molecule has 0 spiro atoms. The molecule has 136 valence electrons. The van der Waals surface area contributed by atoms with Gasteiger partial charge in [0, 0.05) is 12.0 Å². The summed E-state index contributed by atoms with van der Waals surface area (Å²) >= 11 is 0. The van der Waals surface area contributed by atoms with E-state index in [1.54, 1.807) is 0 Å². The van der Waals surface area contributed by atoms with Crippen molar-refractivity contribution in [2.75, 3.05) is 0 Å². The molecule has 1 atom stereocenters.